The van der Waals surface area contributed by atoms with Crippen LogP contribution in [0.4, 0.5) is 0 Å². The van der Waals surface area contributed by atoms with Gasteiger partial charge in [-0.25, -0.2) is 4.98 Å². The Hall–Kier alpha value is -0.980. The van der Waals surface area contributed by atoms with Gasteiger partial charge in [-0.3, -0.25) is 9.69 Å². The molecule has 0 bridgehead atoms. The lowest BCUT2D eigenvalue weighted by atomic mass is 9.99. The summed E-state index contributed by atoms with van der Waals surface area (Å²) >= 11 is 1.63. The van der Waals surface area contributed by atoms with E-state index in [0.29, 0.717) is 6.54 Å². The molecule has 0 aromatic carbocycles. The fourth-order valence-corrected chi connectivity index (χ4v) is 3.23. The van der Waals surface area contributed by atoms with E-state index in [1.165, 1.54) is 0 Å². The first-order chi connectivity index (χ1) is 9.41. The molecule has 20 heavy (non-hydrogen) atoms. The first kappa shape index (κ1) is 15.4. The van der Waals surface area contributed by atoms with Gasteiger partial charge in [0.2, 0.25) is 5.91 Å². The fraction of sp³-hybridized carbons (Fsp3) is 0.714. The molecule has 2 rings (SSSR count). The Balaban J connectivity index is 2.00. The molecule has 0 unspecified atom stereocenters. The highest BCUT2D eigenvalue weighted by Crippen LogP contribution is 2.19. The monoisotopic (exact) mass is 296 g/mol. The molecule has 2 heterocycles. The van der Waals surface area contributed by atoms with E-state index < -0.39 is 5.54 Å². The maximum absolute atomic E-state index is 12.7. The zero-order valence-corrected chi connectivity index (χ0v) is 13.6. The van der Waals surface area contributed by atoms with Crippen molar-refractivity contribution in [3.05, 3.63) is 16.1 Å². The van der Waals surface area contributed by atoms with Crippen LogP contribution in [-0.2, 0) is 11.3 Å². The van der Waals surface area contributed by atoms with Gasteiger partial charge in [0, 0.05) is 38.6 Å². The summed E-state index contributed by atoms with van der Waals surface area (Å²) in [5.41, 5.74) is 0.515. The van der Waals surface area contributed by atoms with E-state index in [4.69, 9.17) is 0 Å². The van der Waals surface area contributed by atoms with Crippen molar-refractivity contribution in [3.63, 3.8) is 0 Å². The number of thiazole rings is 1. The van der Waals surface area contributed by atoms with Crippen LogP contribution in [0.2, 0.25) is 0 Å². The van der Waals surface area contributed by atoms with Crippen LogP contribution in [0.3, 0.4) is 0 Å². The van der Waals surface area contributed by atoms with Crippen molar-refractivity contribution in [1.82, 2.24) is 20.1 Å². The second kappa shape index (κ2) is 6.20. The zero-order chi connectivity index (χ0) is 14.8. The van der Waals surface area contributed by atoms with Crippen molar-refractivity contribution >= 4 is 17.2 Å². The van der Waals surface area contributed by atoms with Gasteiger partial charge in [0.1, 0.15) is 0 Å². The van der Waals surface area contributed by atoms with E-state index in [9.17, 15) is 4.79 Å². The van der Waals surface area contributed by atoms with Gasteiger partial charge < -0.3 is 10.2 Å². The van der Waals surface area contributed by atoms with Crippen LogP contribution >= 0.6 is 11.3 Å². The van der Waals surface area contributed by atoms with Crippen molar-refractivity contribution in [3.8, 4) is 0 Å². The van der Waals surface area contributed by atoms with E-state index in [2.05, 4.69) is 15.2 Å². The predicted molar refractivity (Wildman–Crippen MR) is 81.8 cm³/mol. The number of piperazine rings is 1. The summed E-state index contributed by atoms with van der Waals surface area (Å²) in [4.78, 5) is 21.2. The molecule has 0 saturated carbocycles. The van der Waals surface area contributed by atoms with Crippen molar-refractivity contribution in [2.24, 2.45) is 0 Å². The number of likely N-dealkylation sites (N-methyl/N-ethyl adjacent to an activating group) is 1. The Morgan fingerprint density at radius 3 is 2.70 bits per heavy atom. The topological polar surface area (TPSA) is 48.5 Å². The molecule has 1 amide bonds. The molecule has 1 saturated heterocycles. The molecule has 1 aromatic heterocycles. The normalized spacial score (nSPS) is 17.2. The molecule has 1 aliphatic rings. The summed E-state index contributed by atoms with van der Waals surface area (Å²) in [5, 5.41) is 6.39. The summed E-state index contributed by atoms with van der Waals surface area (Å²) in [7, 11) is 1.86. The Morgan fingerprint density at radius 1 is 1.50 bits per heavy atom. The summed E-state index contributed by atoms with van der Waals surface area (Å²) in [6.07, 6.45) is 0. The van der Waals surface area contributed by atoms with Crippen LogP contribution in [0, 0.1) is 6.92 Å². The minimum absolute atomic E-state index is 0.157. The maximum Gasteiger partial charge on any atom is 0.242 e. The van der Waals surface area contributed by atoms with Crippen LogP contribution < -0.4 is 5.32 Å². The number of nitrogens with one attached hydrogen (secondary N) is 1. The van der Waals surface area contributed by atoms with Crippen LogP contribution in [0.1, 0.15) is 24.5 Å². The number of aryl methyl sites for hydroxylation is 1. The third-order valence-corrected chi connectivity index (χ3v) is 4.67. The minimum Gasteiger partial charge on any atom is -0.338 e. The Kier molecular flexibility index (Phi) is 4.78. The molecule has 112 valence electrons. The van der Waals surface area contributed by atoms with Crippen molar-refractivity contribution in [2.45, 2.75) is 32.9 Å². The summed E-state index contributed by atoms with van der Waals surface area (Å²) < 4.78 is 0. The smallest absolute Gasteiger partial charge is 0.242 e. The number of carbonyl (C=O) groups excluding carboxylic acids is 1. The number of hydrogen-bond donors (Lipinski definition) is 1. The number of rotatable bonds is 4. The molecule has 0 spiro atoms. The molecular formula is C14H24N4OS. The third-order valence-electron chi connectivity index (χ3n) is 3.84. The SMILES string of the molecule is Cc1nc(CN(C)C(=O)C(C)(C)N2CCNCC2)cs1. The highest BCUT2D eigenvalue weighted by molar-refractivity contribution is 7.09. The lowest BCUT2D eigenvalue weighted by Crippen LogP contribution is -2.60. The maximum atomic E-state index is 12.7. The second-order valence-electron chi connectivity index (χ2n) is 5.82. The van der Waals surface area contributed by atoms with Crippen LogP contribution in [0.5, 0.6) is 0 Å². The molecular weight excluding hydrogens is 272 g/mol. The Morgan fingerprint density at radius 2 is 2.15 bits per heavy atom. The molecule has 0 radical (unpaired) electrons. The molecule has 5 nitrogen and oxygen atoms in total. The largest absolute Gasteiger partial charge is 0.338 e. The lowest BCUT2D eigenvalue weighted by molar-refractivity contribution is -0.142. The summed E-state index contributed by atoms with van der Waals surface area (Å²) in [6, 6.07) is 0. The average Bonchev–Trinajstić information content (AvgIpc) is 2.84. The van der Waals surface area contributed by atoms with Gasteiger partial charge in [0.25, 0.3) is 0 Å². The fourth-order valence-electron chi connectivity index (χ4n) is 2.62. The molecule has 1 aliphatic heterocycles. The number of hydrogen-bond acceptors (Lipinski definition) is 5. The van der Waals surface area contributed by atoms with Gasteiger partial charge >= 0.3 is 0 Å². The molecule has 1 N–H and O–H groups in total. The predicted octanol–water partition coefficient (Wildman–Crippen LogP) is 1.09. The molecule has 1 aromatic rings. The van der Waals surface area contributed by atoms with Gasteiger partial charge in [-0.15, -0.1) is 11.3 Å². The van der Waals surface area contributed by atoms with Crippen LogP contribution in [0.25, 0.3) is 0 Å². The van der Waals surface area contributed by atoms with E-state index in [0.717, 1.165) is 36.9 Å². The van der Waals surface area contributed by atoms with Gasteiger partial charge in [-0.05, 0) is 20.8 Å². The van der Waals surface area contributed by atoms with E-state index in [-0.39, 0.29) is 5.91 Å². The van der Waals surface area contributed by atoms with Gasteiger partial charge in [0.05, 0.1) is 22.8 Å². The first-order valence-electron chi connectivity index (χ1n) is 7.03. The van der Waals surface area contributed by atoms with E-state index >= 15 is 0 Å². The molecule has 0 aliphatic carbocycles. The third kappa shape index (κ3) is 3.37. The van der Waals surface area contributed by atoms with Crippen molar-refractivity contribution in [1.29, 1.82) is 0 Å². The molecule has 1 fully saturated rings. The summed E-state index contributed by atoms with van der Waals surface area (Å²) in [5.74, 6) is 0.157. The van der Waals surface area contributed by atoms with E-state index in [1.807, 2.05) is 33.2 Å². The van der Waals surface area contributed by atoms with Gasteiger partial charge in [-0.1, -0.05) is 0 Å². The van der Waals surface area contributed by atoms with Crippen LogP contribution in [-0.4, -0.2) is 59.5 Å². The minimum atomic E-state index is -0.456. The number of aromatic nitrogens is 1. The average molecular weight is 296 g/mol. The Labute approximate surface area is 125 Å². The number of nitrogens with zero attached hydrogens (tertiary/aromatic N) is 3. The number of carbonyl (C=O) groups is 1. The van der Waals surface area contributed by atoms with Crippen LogP contribution in [0.15, 0.2) is 5.38 Å². The van der Waals surface area contributed by atoms with Gasteiger partial charge in [0.15, 0.2) is 0 Å². The van der Waals surface area contributed by atoms with Gasteiger partial charge in [-0.2, -0.15) is 0 Å². The van der Waals surface area contributed by atoms with Crippen molar-refractivity contribution < 1.29 is 4.79 Å². The highest BCUT2D eigenvalue weighted by Gasteiger charge is 2.37. The lowest BCUT2D eigenvalue weighted by Gasteiger charge is -2.41. The quantitative estimate of drug-likeness (QED) is 0.904. The highest BCUT2D eigenvalue weighted by atomic mass is 32.1. The van der Waals surface area contributed by atoms with Crippen molar-refractivity contribution in [2.75, 3.05) is 33.2 Å². The Bertz CT molecular complexity index is 465. The van der Waals surface area contributed by atoms with E-state index in [1.54, 1.807) is 16.2 Å². The zero-order valence-electron chi connectivity index (χ0n) is 12.8. The number of amides is 1. The first-order valence-corrected chi connectivity index (χ1v) is 7.91. The second-order valence-corrected chi connectivity index (χ2v) is 6.88. The summed E-state index contributed by atoms with van der Waals surface area (Å²) in [6.45, 7) is 10.3. The standard InChI is InChI=1S/C14H24N4OS/c1-11-16-12(10-20-11)9-17(4)13(19)14(2,3)18-7-5-15-6-8-18/h10,15H,5-9H2,1-4H3. The molecule has 0 atom stereocenters. The molecule has 6 heteroatoms.